The molecule has 0 aliphatic rings. The molecule has 58 valence electrons. The molecule has 7 nitrogen and oxygen atoms in total. The van der Waals surface area contributed by atoms with Crippen molar-refractivity contribution in [2.45, 2.75) is 0 Å². The SMILES string of the molecule is O=BOB(O)OB(O)OC=O. The van der Waals surface area contributed by atoms with Gasteiger partial charge >= 0.3 is 61.8 Å². The van der Waals surface area contributed by atoms with Crippen LogP contribution in [-0.4, -0.2) is 38.5 Å². The van der Waals surface area contributed by atoms with E-state index in [1.54, 1.807) is 0 Å². The van der Waals surface area contributed by atoms with Crippen molar-refractivity contribution in [3.8, 4) is 0 Å². The van der Waals surface area contributed by atoms with Crippen LogP contribution in [0.3, 0.4) is 0 Å². The second-order valence-corrected chi connectivity index (χ2v) is 1.21. The summed E-state index contributed by atoms with van der Waals surface area (Å²) in [6.07, 6.45) is 0. The topological polar surface area (TPSA) is 102 Å². The first-order valence-corrected chi connectivity index (χ1v) is 2.40. The molecule has 2 N–H and O–H groups in total. The summed E-state index contributed by atoms with van der Waals surface area (Å²) < 4.78 is 20.9. The van der Waals surface area contributed by atoms with Gasteiger partial charge in [0.25, 0.3) is 0 Å². The van der Waals surface area contributed by atoms with Crippen molar-refractivity contribution >= 4 is 28.5 Å². The maximum absolute atomic E-state index is 9.50. The first-order valence-electron chi connectivity index (χ1n) is 2.40. The van der Waals surface area contributed by atoms with Crippen LogP contribution in [0, 0.1) is 0 Å². The van der Waals surface area contributed by atoms with E-state index in [0.29, 0.717) is 0 Å². The van der Waals surface area contributed by atoms with Gasteiger partial charge in [-0.2, -0.15) is 0 Å². The Morgan fingerprint density at radius 3 is 2.45 bits per heavy atom. The summed E-state index contributed by atoms with van der Waals surface area (Å²) in [7, 11) is -4.01. The van der Waals surface area contributed by atoms with E-state index in [-0.39, 0.29) is 13.8 Å². The van der Waals surface area contributed by atoms with Gasteiger partial charge in [0.05, 0.1) is 0 Å². The number of hydrogen-bond acceptors (Lipinski definition) is 7. The van der Waals surface area contributed by atoms with Gasteiger partial charge in [-0.3, -0.25) is 0 Å². The Hall–Kier alpha value is -0.855. The molecule has 0 atom stereocenters. The molecule has 0 rings (SSSR count). The number of carbonyl (C=O) groups excluding carboxylic acids is 1. The van der Waals surface area contributed by atoms with E-state index < -0.39 is 14.6 Å². The minimum atomic E-state index is -1.96. The number of rotatable bonds is 6. The molecule has 0 saturated heterocycles. The molecule has 0 unspecified atom stereocenters. The van der Waals surface area contributed by atoms with Gasteiger partial charge in [-0.15, -0.1) is 0 Å². The molecule has 0 aromatic heterocycles. The van der Waals surface area contributed by atoms with E-state index in [0.717, 1.165) is 0 Å². The summed E-state index contributed by atoms with van der Waals surface area (Å²) in [5, 5.41) is 16.8. The molecule has 10 heteroatoms. The molecule has 0 bridgehead atoms. The van der Waals surface area contributed by atoms with Gasteiger partial charge in [0.1, 0.15) is 0 Å². The van der Waals surface area contributed by atoms with Crippen LogP contribution < -0.4 is 0 Å². The Labute approximate surface area is 62.9 Å². The molecular formula is CH3B3O7. The molecule has 0 heterocycles. The van der Waals surface area contributed by atoms with E-state index in [1.165, 1.54) is 0 Å². The van der Waals surface area contributed by atoms with Crippen LogP contribution >= 0.6 is 0 Å². The van der Waals surface area contributed by atoms with Crippen molar-refractivity contribution in [3.05, 3.63) is 0 Å². The van der Waals surface area contributed by atoms with Crippen LogP contribution in [0.2, 0.25) is 0 Å². The van der Waals surface area contributed by atoms with Crippen molar-refractivity contribution in [3.63, 3.8) is 0 Å². The van der Waals surface area contributed by atoms with Crippen LogP contribution in [0.1, 0.15) is 0 Å². The maximum atomic E-state index is 9.50. The number of carbonyl (C=O) groups is 1. The molecule has 0 radical (unpaired) electrons. The van der Waals surface area contributed by atoms with Gasteiger partial charge in [0.15, 0.2) is 0 Å². The summed E-state index contributed by atoms with van der Waals surface area (Å²) in [5.41, 5.74) is 0. The van der Waals surface area contributed by atoms with Gasteiger partial charge in [-0.05, 0) is 0 Å². The molecule has 0 amide bonds. The predicted octanol–water partition coefficient (Wildman–Crippen LogP) is -2.89. The fourth-order valence-electron chi connectivity index (χ4n) is 0.259. The van der Waals surface area contributed by atoms with Gasteiger partial charge in [-0.25, -0.2) is 0 Å². The van der Waals surface area contributed by atoms with Crippen molar-refractivity contribution in [1.82, 2.24) is 0 Å². The third-order valence-electron chi connectivity index (χ3n) is 0.577. The average molecular weight is 159 g/mol. The van der Waals surface area contributed by atoms with Crippen LogP contribution in [0.5, 0.6) is 0 Å². The first kappa shape index (κ1) is 10.1. The third kappa shape index (κ3) is 5.58. The van der Waals surface area contributed by atoms with Crippen molar-refractivity contribution in [1.29, 1.82) is 0 Å². The number of hydrogen-bond donors (Lipinski definition) is 2. The van der Waals surface area contributed by atoms with Gasteiger partial charge in [-0.1, -0.05) is 0 Å². The zero-order valence-corrected chi connectivity index (χ0v) is 5.25. The molecule has 0 fully saturated rings. The molecular weight excluding hydrogens is 156 g/mol. The van der Waals surface area contributed by atoms with Gasteiger partial charge in [0.2, 0.25) is 0 Å². The summed E-state index contributed by atoms with van der Waals surface area (Å²) in [4.78, 5) is 9.50. The summed E-state index contributed by atoms with van der Waals surface area (Å²) in [6, 6.07) is 0. The van der Waals surface area contributed by atoms with E-state index in [1.807, 2.05) is 0 Å². The Kier molecular flexibility index (Phi) is 5.44. The fraction of sp³-hybridized carbons (Fsp3) is 0. The standard InChI is InChI=1S/CH3B3O7/c5-1-9-3(7)11-4(8)10-2-6/h1,7-8H. The second kappa shape index (κ2) is 5.89. The molecule has 0 aliphatic carbocycles. The van der Waals surface area contributed by atoms with Crippen LogP contribution in [0.15, 0.2) is 0 Å². The molecule has 0 aromatic rings. The third-order valence-corrected chi connectivity index (χ3v) is 0.577. The van der Waals surface area contributed by atoms with Gasteiger partial charge < -0.3 is 0 Å². The quantitative estimate of drug-likeness (QED) is 0.317. The Balaban J connectivity index is 3.46. The molecule has 0 aromatic carbocycles. The van der Waals surface area contributed by atoms with Crippen LogP contribution in [0.4, 0.5) is 0 Å². The summed E-state index contributed by atoms with van der Waals surface area (Å²) in [6.45, 7) is -0.0989. The molecule has 11 heavy (non-hydrogen) atoms. The summed E-state index contributed by atoms with van der Waals surface area (Å²) in [5.74, 6) is 0. The molecule has 0 spiro atoms. The van der Waals surface area contributed by atoms with E-state index in [9.17, 15) is 9.50 Å². The van der Waals surface area contributed by atoms with E-state index in [2.05, 4.69) is 13.8 Å². The monoisotopic (exact) mass is 160 g/mol. The van der Waals surface area contributed by atoms with Gasteiger partial charge in [0, 0.05) is 0 Å². The zero-order valence-electron chi connectivity index (χ0n) is 5.25. The van der Waals surface area contributed by atoms with Crippen LogP contribution in [-0.2, 0) is 23.3 Å². The predicted molar refractivity (Wildman–Crippen MR) is 31.7 cm³/mol. The van der Waals surface area contributed by atoms with Crippen molar-refractivity contribution in [2.75, 3.05) is 0 Å². The fourth-order valence-corrected chi connectivity index (χ4v) is 0.259. The van der Waals surface area contributed by atoms with Crippen molar-refractivity contribution < 1.29 is 33.3 Å². The molecule has 0 aliphatic heterocycles. The Bertz CT molecular complexity index is 113. The minimum absolute atomic E-state index is 0.0989. The zero-order chi connectivity index (χ0) is 8.69. The normalized spacial score (nSPS) is 7.82. The summed E-state index contributed by atoms with van der Waals surface area (Å²) >= 11 is 0. The first-order chi connectivity index (χ1) is 5.20. The average Bonchev–Trinajstić information content (AvgIpc) is 1.87. The van der Waals surface area contributed by atoms with Crippen LogP contribution in [0.25, 0.3) is 0 Å². The van der Waals surface area contributed by atoms with E-state index >= 15 is 0 Å². The van der Waals surface area contributed by atoms with Crippen molar-refractivity contribution in [2.24, 2.45) is 0 Å². The van der Waals surface area contributed by atoms with E-state index in [4.69, 9.17) is 10.0 Å². The Morgan fingerprint density at radius 2 is 2.00 bits per heavy atom. The Morgan fingerprint density at radius 1 is 1.36 bits per heavy atom. The molecule has 0 saturated carbocycles. The second-order valence-electron chi connectivity index (χ2n) is 1.21.